The number of aromatic nitrogens is 1. The molecule has 0 N–H and O–H groups in total. The van der Waals surface area contributed by atoms with Crippen molar-refractivity contribution >= 4 is 22.5 Å². The van der Waals surface area contributed by atoms with Crippen molar-refractivity contribution in [1.82, 2.24) is 4.98 Å². The molecule has 2 rings (SSSR count). The highest BCUT2D eigenvalue weighted by Crippen LogP contribution is 2.18. The fraction of sp³-hybridized carbons (Fsp3) is 0.154. The molecule has 0 saturated carbocycles. The van der Waals surface area contributed by atoms with Crippen molar-refractivity contribution in [2.75, 3.05) is 0 Å². The number of hydrogen-bond donors (Lipinski definition) is 0. The fourth-order valence-electron chi connectivity index (χ4n) is 1.63. The van der Waals surface area contributed by atoms with Crippen LogP contribution in [0.4, 0.5) is 0 Å². The van der Waals surface area contributed by atoms with Crippen molar-refractivity contribution in [1.29, 1.82) is 0 Å². The Hall–Kier alpha value is -2.03. The summed E-state index contributed by atoms with van der Waals surface area (Å²) in [4.78, 5) is 26.9. The molecule has 0 saturated heterocycles. The van der Waals surface area contributed by atoms with Crippen LogP contribution in [0.5, 0.6) is 0 Å². The maximum Gasteiger partial charge on any atom is 0.178 e. The van der Waals surface area contributed by atoms with Gasteiger partial charge in [-0.05, 0) is 19.1 Å². The molecule has 0 spiro atoms. The van der Waals surface area contributed by atoms with Crippen molar-refractivity contribution in [3.05, 3.63) is 41.6 Å². The van der Waals surface area contributed by atoms with Crippen molar-refractivity contribution in [3.8, 4) is 0 Å². The summed E-state index contributed by atoms with van der Waals surface area (Å²) in [6, 6.07) is 8.90. The van der Waals surface area contributed by atoms with Gasteiger partial charge < -0.3 is 0 Å². The predicted molar refractivity (Wildman–Crippen MR) is 61.8 cm³/mol. The molecule has 0 unspecified atom stereocenters. The van der Waals surface area contributed by atoms with Gasteiger partial charge in [-0.25, -0.2) is 4.98 Å². The van der Waals surface area contributed by atoms with Gasteiger partial charge in [-0.2, -0.15) is 0 Å². The van der Waals surface area contributed by atoms with E-state index in [-0.39, 0.29) is 11.6 Å². The molecule has 2 aromatic rings. The van der Waals surface area contributed by atoms with E-state index in [4.69, 9.17) is 0 Å². The van der Waals surface area contributed by atoms with E-state index in [0.717, 1.165) is 5.39 Å². The molecule has 1 aromatic heterocycles. The largest absolute Gasteiger partial charge is 0.294 e. The van der Waals surface area contributed by atoms with E-state index in [2.05, 4.69) is 4.98 Å². The Morgan fingerprint density at radius 1 is 1.00 bits per heavy atom. The molecule has 0 bridgehead atoms. The molecular formula is C13H11NO2. The first-order chi connectivity index (χ1) is 7.59. The average Bonchev–Trinajstić information content (AvgIpc) is 2.27. The lowest BCUT2D eigenvalue weighted by atomic mass is 10.1. The summed E-state index contributed by atoms with van der Waals surface area (Å²) in [5, 5.41) is 0.873. The molecule has 3 nitrogen and oxygen atoms in total. The number of benzene rings is 1. The van der Waals surface area contributed by atoms with Crippen molar-refractivity contribution in [2.24, 2.45) is 0 Å². The minimum Gasteiger partial charge on any atom is -0.294 e. The number of carbonyl (C=O) groups excluding carboxylic acids is 2. The molecule has 1 heterocycles. The molecule has 3 heteroatoms. The van der Waals surface area contributed by atoms with Gasteiger partial charge in [0.25, 0.3) is 0 Å². The Balaban J connectivity index is 2.78. The van der Waals surface area contributed by atoms with E-state index in [1.54, 1.807) is 12.1 Å². The minimum absolute atomic E-state index is 0.0428. The second-order valence-corrected chi connectivity index (χ2v) is 3.69. The summed E-state index contributed by atoms with van der Waals surface area (Å²) < 4.78 is 0. The van der Waals surface area contributed by atoms with Gasteiger partial charge in [0.15, 0.2) is 11.6 Å². The maximum atomic E-state index is 11.4. The lowest BCUT2D eigenvalue weighted by molar-refractivity contribution is 0.100. The Kier molecular flexibility index (Phi) is 2.52. The van der Waals surface area contributed by atoms with E-state index in [9.17, 15) is 9.59 Å². The number of nitrogens with zero attached hydrogens (tertiary/aromatic N) is 1. The smallest absolute Gasteiger partial charge is 0.178 e. The Bertz CT molecular complexity index is 588. The van der Waals surface area contributed by atoms with Gasteiger partial charge in [0.05, 0.1) is 5.52 Å². The van der Waals surface area contributed by atoms with E-state index >= 15 is 0 Å². The summed E-state index contributed by atoms with van der Waals surface area (Å²) in [6.45, 7) is 2.96. The van der Waals surface area contributed by atoms with Crippen LogP contribution in [0.2, 0.25) is 0 Å². The van der Waals surface area contributed by atoms with Crippen LogP contribution in [0.15, 0.2) is 30.3 Å². The first-order valence-corrected chi connectivity index (χ1v) is 5.01. The Morgan fingerprint density at radius 3 is 2.38 bits per heavy atom. The number of hydrogen-bond acceptors (Lipinski definition) is 3. The van der Waals surface area contributed by atoms with Gasteiger partial charge in [-0.1, -0.05) is 18.2 Å². The average molecular weight is 213 g/mol. The van der Waals surface area contributed by atoms with E-state index < -0.39 is 0 Å². The first kappa shape index (κ1) is 10.5. The molecule has 0 amide bonds. The van der Waals surface area contributed by atoms with Crippen molar-refractivity contribution in [2.45, 2.75) is 13.8 Å². The molecule has 0 fully saturated rings. The topological polar surface area (TPSA) is 47.0 Å². The second-order valence-electron chi connectivity index (χ2n) is 3.69. The molecule has 1 aromatic carbocycles. The number of carbonyl (C=O) groups is 2. The molecule has 80 valence electrons. The Morgan fingerprint density at radius 2 is 1.75 bits per heavy atom. The van der Waals surface area contributed by atoms with Gasteiger partial charge in [0.2, 0.25) is 0 Å². The van der Waals surface area contributed by atoms with E-state index in [1.807, 2.05) is 18.2 Å². The summed E-state index contributed by atoms with van der Waals surface area (Å²) in [5.41, 5.74) is 1.55. The van der Waals surface area contributed by atoms with Crippen LogP contribution in [0.1, 0.15) is 34.7 Å². The van der Waals surface area contributed by atoms with E-state index in [1.165, 1.54) is 13.8 Å². The molecule has 16 heavy (non-hydrogen) atoms. The number of ketones is 2. The lowest BCUT2D eigenvalue weighted by Crippen LogP contribution is -2.00. The van der Waals surface area contributed by atoms with E-state index in [0.29, 0.717) is 16.8 Å². The molecule has 0 atom stereocenters. The zero-order chi connectivity index (χ0) is 11.7. The lowest BCUT2D eigenvalue weighted by Gasteiger charge is -2.03. The fourth-order valence-corrected chi connectivity index (χ4v) is 1.63. The Labute approximate surface area is 93.1 Å². The quantitative estimate of drug-likeness (QED) is 0.720. The normalized spacial score (nSPS) is 10.4. The third-order valence-corrected chi connectivity index (χ3v) is 2.46. The first-order valence-electron chi connectivity index (χ1n) is 5.01. The number of rotatable bonds is 2. The van der Waals surface area contributed by atoms with Crippen LogP contribution in [-0.4, -0.2) is 16.6 Å². The highest BCUT2D eigenvalue weighted by Gasteiger charge is 2.08. The van der Waals surface area contributed by atoms with Crippen LogP contribution >= 0.6 is 0 Å². The van der Waals surface area contributed by atoms with Crippen LogP contribution < -0.4 is 0 Å². The molecule has 0 aliphatic rings. The molecule has 0 radical (unpaired) electrons. The van der Waals surface area contributed by atoms with Gasteiger partial charge >= 0.3 is 0 Å². The monoisotopic (exact) mass is 213 g/mol. The highest BCUT2D eigenvalue weighted by molar-refractivity contribution is 6.06. The maximum absolute atomic E-state index is 11.4. The second kappa shape index (κ2) is 3.85. The predicted octanol–water partition coefficient (Wildman–Crippen LogP) is 2.64. The summed E-state index contributed by atoms with van der Waals surface area (Å²) in [5.74, 6) is -0.140. The van der Waals surface area contributed by atoms with Gasteiger partial charge in [-0.15, -0.1) is 0 Å². The third-order valence-electron chi connectivity index (χ3n) is 2.46. The number of Topliss-reactive ketones (excluding diaryl/α,β-unsaturated/α-hetero) is 2. The number of fused-ring (bicyclic) bond motifs is 1. The molecular weight excluding hydrogens is 202 g/mol. The minimum atomic E-state index is -0.0970. The summed E-state index contributed by atoms with van der Waals surface area (Å²) >= 11 is 0. The third kappa shape index (κ3) is 1.72. The number of para-hydroxylation sites is 1. The molecule has 0 aliphatic heterocycles. The standard InChI is InChI=1S/C13H11NO2/c1-8(15)11-5-3-4-10-6-7-12(9(2)16)14-13(10)11/h3-7H,1-2H3. The van der Waals surface area contributed by atoms with Gasteiger partial charge in [0, 0.05) is 17.9 Å². The van der Waals surface area contributed by atoms with Crippen molar-refractivity contribution in [3.63, 3.8) is 0 Å². The van der Waals surface area contributed by atoms with Crippen LogP contribution in [0.3, 0.4) is 0 Å². The zero-order valence-corrected chi connectivity index (χ0v) is 9.15. The zero-order valence-electron chi connectivity index (χ0n) is 9.15. The number of pyridine rings is 1. The SMILES string of the molecule is CC(=O)c1ccc2cccc(C(C)=O)c2n1. The highest BCUT2D eigenvalue weighted by atomic mass is 16.1. The van der Waals surface area contributed by atoms with Crippen LogP contribution in [0.25, 0.3) is 10.9 Å². The van der Waals surface area contributed by atoms with Gasteiger partial charge in [0.1, 0.15) is 5.69 Å². The molecule has 0 aliphatic carbocycles. The summed E-state index contributed by atoms with van der Waals surface area (Å²) in [7, 11) is 0. The van der Waals surface area contributed by atoms with Crippen molar-refractivity contribution < 1.29 is 9.59 Å². The van der Waals surface area contributed by atoms with Gasteiger partial charge in [-0.3, -0.25) is 9.59 Å². The summed E-state index contributed by atoms with van der Waals surface area (Å²) in [6.07, 6.45) is 0. The van der Waals surface area contributed by atoms with Crippen LogP contribution in [0, 0.1) is 0 Å². The van der Waals surface area contributed by atoms with Crippen LogP contribution in [-0.2, 0) is 0 Å².